The van der Waals surface area contributed by atoms with Crippen LogP contribution in [0.3, 0.4) is 0 Å². The van der Waals surface area contributed by atoms with Crippen LogP contribution >= 0.6 is 0 Å². The highest BCUT2D eigenvalue weighted by Crippen LogP contribution is 2.14. The van der Waals surface area contributed by atoms with E-state index >= 15 is 0 Å². The Kier molecular flexibility index (Phi) is 4.90. The summed E-state index contributed by atoms with van der Waals surface area (Å²) in [6, 6.07) is 1.48. The molecule has 1 aliphatic heterocycles. The summed E-state index contributed by atoms with van der Waals surface area (Å²) in [4.78, 5) is 2.49. The molecule has 1 fully saturated rings. The van der Waals surface area contributed by atoms with Crippen molar-refractivity contribution in [3.63, 3.8) is 0 Å². The van der Waals surface area contributed by atoms with Crippen molar-refractivity contribution < 1.29 is 0 Å². The molecule has 1 heterocycles. The van der Waals surface area contributed by atoms with Crippen LogP contribution in [0.5, 0.6) is 0 Å². The van der Waals surface area contributed by atoms with E-state index in [9.17, 15) is 0 Å². The number of likely N-dealkylation sites (tertiary alicyclic amines) is 1. The molecule has 1 aliphatic rings. The van der Waals surface area contributed by atoms with E-state index in [-0.39, 0.29) is 0 Å². The predicted octanol–water partition coefficient (Wildman–Crippen LogP) is 2.10. The van der Waals surface area contributed by atoms with E-state index in [1.54, 1.807) is 0 Å². The van der Waals surface area contributed by atoms with Gasteiger partial charge in [0.25, 0.3) is 0 Å². The average molecular weight is 198 g/mol. The molecule has 0 bridgehead atoms. The van der Waals surface area contributed by atoms with Crippen LogP contribution in [-0.4, -0.2) is 37.1 Å². The van der Waals surface area contributed by atoms with Gasteiger partial charge >= 0.3 is 0 Å². The molecule has 0 aliphatic carbocycles. The van der Waals surface area contributed by atoms with Gasteiger partial charge in [0.1, 0.15) is 0 Å². The Morgan fingerprint density at radius 3 is 2.57 bits per heavy atom. The summed E-state index contributed by atoms with van der Waals surface area (Å²) >= 11 is 0. The molecule has 0 aromatic rings. The van der Waals surface area contributed by atoms with Gasteiger partial charge in [0.05, 0.1) is 0 Å². The first-order valence-corrected chi connectivity index (χ1v) is 6.08. The van der Waals surface area contributed by atoms with Gasteiger partial charge in [0, 0.05) is 18.6 Å². The van der Waals surface area contributed by atoms with Crippen LogP contribution in [0.25, 0.3) is 0 Å². The number of hydrogen-bond acceptors (Lipinski definition) is 2. The molecule has 0 aromatic heterocycles. The van der Waals surface area contributed by atoms with Crippen LogP contribution in [0.2, 0.25) is 0 Å². The molecule has 0 spiro atoms. The van der Waals surface area contributed by atoms with Crippen LogP contribution in [0.15, 0.2) is 0 Å². The standard InChI is InChI=1S/C12H26N2/c1-5-12(10(2)3)13-9-11-7-6-8-14(11)4/h10-13H,5-9H2,1-4H3. The van der Waals surface area contributed by atoms with E-state index in [1.807, 2.05) is 0 Å². The molecule has 1 N–H and O–H groups in total. The Labute approximate surface area is 89.1 Å². The van der Waals surface area contributed by atoms with Crippen molar-refractivity contribution in [2.75, 3.05) is 20.1 Å². The lowest BCUT2D eigenvalue weighted by Crippen LogP contribution is -2.42. The Bertz CT molecular complexity index is 154. The van der Waals surface area contributed by atoms with Gasteiger partial charge in [-0.3, -0.25) is 0 Å². The maximum Gasteiger partial charge on any atom is 0.0218 e. The Morgan fingerprint density at radius 2 is 2.14 bits per heavy atom. The second-order valence-corrected chi connectivity index (χ2v) is 4.94. The van der Waals surface area contributed by atoms with E-state index in [0.717, 1.165) is 12.0 Å². The summed E-state index contributed by atoms with van der Waals surface area (Å²) in [5.41, 5.74) is 0. The zero-order valence-electron chi connectivity index (χ0n) is 10.2. The van der Waals surface area contributed by atoms with Crippen molar-refractivity contribution in [2.24, 2.45) is 5.92 Å². The summed E-state index contributed by atoms with van der Waals surface area (Å²) in [7, 11) is 2.25. The second-order valence-electron chi connectivity index (χ2n) is 4.94. The Hall–Kier alpha value is -0.0800. The number of likely N-dealkylation sites (N-methyl/N-ethyl adjacent to an activating group) is 1. The summed E-state index contributed by atoms with van der Waals surface area (Å²) in [5, 5.41) is 3.70. The largest absolute Gasteiger partial charge is 0.312 e. The van der Waals surface area contributed by atoms with E-state index in [4.69, 9.17) is 0 Å². The van der Waals surface area contributed by atoms with Crippen molar-refractivity contribution in [1.29, 1.82) is 0 Å². The molecule has 0 aromatic carbocycles. The van der Waals surface area contributed by atoms with Gasteiger partial charge in [-0.05, 0) is 38.8 Å². The minimum Gasteiger partial charge on any atom is -0.312 e. The zero-order chi connectivity index (χ0) is 10.6. The van der Waals surface area contributed by atoms with Crippen molar-refractivity contribution in [3.8, 4) is 0 Å². The van der Waals surface area contributed by atoms with E-state index in [2.05, 4.69) is 38.0 Å². The van der Waals surface area contributed by atoms with Gasteiger partial charge in [-0.2, -0.15) is 0 Å². The van der Waals surface area contributed by atoms with Gasteiger partial charge in [-0.15, -0.1) is 0 Å². The maximum atomic E-state index is 3.70. The molecule has 84 valence electrons. The maximum absolute atomic E-state index is 3.70. The monoisotopic (exact) mass is 198 g/mol. The van der Waals surface area contributed by atoms with E-state index < -0.39 is 0 Å². The average Bonchev–Trinajstić information content (AvgIpc) is 2.52. The van der Waals surface area contributed by atoms with Crippen LogP contribution < -0.4 is 5.32 Å². The lowest BCUT2D eigenvalue weighted by atomic mass is 10.0. The third-order valence-corrected chi connectivity index (χ3v) is 3.53. The fraction of sp³-hybridized carbons (Fsp3) is 1.00. The molecule has 0 radical (unpaired) electrons. The van der Waals surface area contributed by atoms with E-state index in [0.29, 0.717) is 6.04 Å². The first kappa shape index (κ1) is 12.0. The highest BCUT2D eigenvalue weighted by Gasteiger charge is 2.21. The third kappa shape index (κ3) is 3.25. The molecule has 1 saturated heterocycles. The van der Waals surface area contributed by atoms with Crippen molar-refractivity contribution in [1.82, 2.24) is 10.2 Å². The van der Waals surface area contributed by atoms with Crippen LogP contribution in [0.1, 0.15) is 40.0 Å². The second kappa shape index (κ2) is 5.72. The first-order chi connectivity index (χ1) is 6.65. The Balaban J connectivity index is 2.24. The molecule has 1 rings (SSSR count). The van der Waals surface area contributed by atoms with Crippen molar-refractivity contribution in [3.05, 3.63) is 0 Å². The topological polar surface area (TPSA) is 15.3 Å². The number of hydrogen-bond donors (Lipinski definition) is 1. The summed E-state index contributed by atoms with van der Waals surface area (Å²) in [6.45, 7) is 9.34. The molecule has 2 heteroatoms. The van der Waals surface area contributed by atoms with Crippen molar-refractivity contribution >= 4 is 0 Å². The van der Waals surface area contributed by atoms with Gasteiger partial charge in [0.15, 0.2) is 0 Å². The minimum absolute atomic E-state index is 0.698. The molecule has 14 heavy (non-hydrogen) atoms. The molecule has 0 amide bonds. The fourth-order valence-electron chi connectivity index (χ4n) is 2.38. The number of nitrogens with zero attached hydrogens (tertiary/aromatic N) is 1. The summed E-state index contributed by atoms with van der Waals surface area (Å²) in [6.07, 6.45) is 3.99. The normalized spacial score (nSPS) is 25.9. The lowest BCUT2D eigenvalue weighted by molar-refractivity contribution is 0.276. The molecule has 0 saturated carbocycles. The first-order valence-electron chi connectivity index (χ1n) is 6.08. The Morgan fingerprint density at radius 1 is 1.43 bits per heavy atom. The van der Waals surface area contributed by atoms with Crippen LogP contribution in [0.4, 0.5) is 0 Å². The van der Waals surface area contributed by atoms with Gasteiger partial charge < -0.3 is 10.2 Å². The van der Waals surface area contributed by atoms with Crippen molar-refractivity contribution in [2.45, 2.75) is 52.1 Å². The van der Waals surface area contributed by atoms with Crippen LogP contribution in [0, 0.1) is 5.92 Å². The fourth-order valence-corrected chi connectivity index (χ4v) is 2.38. The third-order valence-electron chi connectivity index (χ3n) is 3.53. The smallest absolute Gasteiger partial charge is 0.0218 e. The number of nitrogens with one attached hydrogen (secondary N) is 1. The SMILES string of the molecule is CCC(NCC1CCCN1C)C(C)C. The highest BCUT2D eigenvalue weighted by atomic mass is 15.2. The molecule has 2 nitrogen and oxygen atoms in total. The predicted molar refractivity (Wildman–Crippen MR) is 62.6 cm³/mol. The quantitative estimate of drug-likeness (QED) is 0.728. The molecular formula is C12H26N2. The number of rotatable bonds is 5. The zero-order valence-corrected chi connectivity index (χ0v) is 10.2. The van der Waals surface area contributed by atoms with Crippen LogP contribution in [-0.2, 0) is 0 Å². The van der Waals surface area contributed by atoms with E-state index in [1.165, 1.54) is 32.4 Å². The molecule has 2 unspecified atom stereocenters. The highest BCUT2D eigenvalue weighted by molar-refractivity contribution is 4.80. The molecule has 2 atom stereocenters. The van der Waals surface area contributed by atoms with Gasteiger partial charge in [-0.25, -0.2) is 0 Å². The molecular weight excluding hydrogens is 172 g/mol. The van der Waals surface area contributed by atoms with Gasteiger partial charge in [0.2, 0.25) is 0 Å². The van der Waals surface area contributed by atoms with Gasteiger partial charge in [-0.1, -0.05) is 20.8 Å². The minimum atomic E-state index is 0.698. The lowest BCUT2D eigenvalue weighted by Gasteiger charge is -2.26. The summed E-state index contributed by atoms with van der Waals surface area (Å²) in [5.74, 6) is 0.756. The summed E-state index contributed by atoms with van der Waals surface area (Å²) < 4.78 is 0.